The summed E-state index contributed by atoms with van der Waals surface area (Å²) in [5.74, 6) is 3.10. The smallest absolute Gasteiger partial charge is 0.222 e. The first-order valence-electron chi connectivity index (χ1n) is 8.39. The van der Waals surface area contributed by atoms with Crippen LogP contribution in [-0.4, -0.2) is 56.5 Å². The molecule has 0 radical (unpaired) electrons. The Labute approximate surface area is 142 Å². The zero-order valence-corrected chi connectivity index (χ0v) is 14.5. The Balaban J connectivity index is 1.69. The molecule has 7 heteroatoms. The van der Waals surface area contributed by atoms with Crippen LogP contribution in [0.5, 0.6) is 0 Å². The van der Waals surface area contributed by atoms with E-state index in [0.29, 0.717) is 12.3 Å². The van der Waals surface area contributed by atoms with E-state index in [-0.39, 0.29) is 5.91 Å². The van der Waals surface area contributed by atoms with Crippen LogP contribution in [0.25, 0.3) is 5.82 Å². The minimum absolute atomic E-state index is 0.252. The number of aryl methyl sites for hydroxylation is 1. The van der Waals surface area contributed by atoms with Crippen molar-refractivity contribution < 1.29 is 4.79 Å². The molecule has 1 aliphatic heterocycles. The first-order chi connectivity index (χ1) is 11.5. The average molecular weight is 328 g/mol. The van der Waals surface area contributed by atoms with E-state index in [4.69, 9.17) is 0 Å². The number of carbonyl (C=O) groups excluding carboxylic acids is 1. The summed E-state index contributed by atoms with van der Waals surface area (Å²) in [7, 11) is 0. The summed E-state index contributed by atoms with van der Waals surface area (Å²) in [5, 5.41) is 0. The topological polar surface area (TPSA) is 67.2 Å². The van der Waals surface area contributed by atoms with E-state index in [2.05, 4.69) is 33.7 Å². The highest BCUT2D eigenvalue weighted by molar-refractivity contribution is 5.76. The van der Waals surface area contributed by atoms with Crippen LogP contribution in [0, 0.1) is 12.8 Å². The molecule has 0 aromatic carbocycles. The van der Waals surface area contributed by atoms with Crippen molar-refractivity contribution in [2.75, 3.05) is 31.1 Å². The van der Waals surface area contributed by atoms with Crippen LogP contribution in [-0.2, 0) is 4.79 Å². The van der Waals surface area contributed by atoms with Crippen molar-refractivity contribution in [1.82, 2.24) is 24.4 Å². The molecule has 2 aromatic heterocycles. The zero-order chi connectivity index (χ0) is 17.1. The molecule has 0 saturated carbocycles. The van der Waals surface area contributed by atoms with Crippen LogP contribution in [0.1, 0.15) is 26.1 Å². The summed E-state index contributed by atoms with van der Waals surface area (Å²) in [6, 6.07) is 1.97. The van der Waals surface area contributed by atoms with Gasteiger partial charge in [-0.2, -0.15) is 0 Å². The van der Waals surface area contributed by atoms with Gasteiger partial charge < -0.3 is 9.80 Å². The van der Waals surface area contributed by atoms with Gasteiger partial charge in [0.1, 0.15) is 23.8 Å². The number of nitrogens with zero attached hydrogens (tertiary/aromatic N) is 6. The summed E-state index contributed by atoms with van der Waals surface area (Å²) in [5.41, 5.74) is 0. The van der Waals surface area contributed by atoms with Crippen molar-refractivity contribution in [3.63, 3.8) is 0 Å². The maximum absolute atomic E-state index is 12.2. The molecule has 7 nitrogen and oxygen atoms in total. The molecule has 0 spiro atoms. The fraction of sp³-hybridized carbons (Fsp3) is 0.529. The molecule has 3 rings (SSSR count). The van der Waals surface area contributed by atoms with Crippen LogP contribution in [0.4, 0.5) is 5.82 Å². The molecule has 0 aliphatic carbocycles. The van der Waals surface area contributed by atoms with Crippen LogP contribution in [0.3, 0.4) is 0 Å². The Bertz CT molecular complexity index is 689. The summed E-state index contributed by atoms with van der Waals surface area (Å²) in [6.45, 7) is 9.13. The predicted molar refractivity (Wildman–Crippen MR) is 92.1 cm³/mol. The van der Waals surface area contributed by atoms with Gasteiger partial charge in [-0.25, -0.2) is 15.0 Å². The maximum atomic E-state index is 12.2. The minimum atomic E-state index is 0.252. The van der Waals surface area contributed by atoms with Gasteiger partial charge in [-0.1, -0.05) is 13.8 Å². The van der Waals surface area contributed by atoms with E-state index in [1.165, 1.54) is 0 Å². The molecule has 0 atom stereocenters. The molecule has 1 amide bonds. The van der Waals surface area contributed by atoms with E-state index < -0.39 is 0 Å². The Hall–Kier alpha value is -2.44. The molecule has 24 heavy (non-hydrogen) atoms. The largest absolute Gasteiger partial charge is 0.353 e. The van der Waals surface area contributed by atoms with Gasteiger partial charge in [-0.05, 0) is 12.8 Å². The fourth-order valence-corrected chi connectivity index (χ4v) is 2.89. The van der Waals surface area contributed by atoms with Crippen LogP contribution < -0.4 is 4.90 Å². The quantitative estimate of drug-likeness (QED) is 0.854. The predicted octanol–water partition coefficient (Wildman–Crippen LogP) is 1.67. The first-order valence-corrected chi connectivity index (χ1v) is 8.39. The van der Waals surface area contributed by atoms with Crippen molar-refractivity contribution in [2.24, 2.45) is 5.92 Å². The molecule has 0 bridgehead atoms. The van der Waals surface area contributed by atoms with E-state index in [9.17, 15) is 4.79 Å². The summed E-state index contributed by atoms with van der Waals surface area (Å²) in [6.07, 6.45) is 5.95. The minimum Gasteiger partial charge on any atom is -0.353 e. The molecule has 128 valence electrons. The Kier molecular flexibility index (Phi) is 4.78. The lowest BCUT2D eigenvalue weighted by atomic mass is 10.1. The number of anilines is 1. The number of aromatic nitrogens is 4. The number of piperazine rings is 1. The Morgan fingerprint density at radius 3 is 2.50 bits per heavy atom. The van der Waals surface area contributed by atoms with Crippen molar-refractivity contribution in [1.29, 1.82) is 0 Å². The third-order valence-electron chi connectivity index (χ3n) is 4.12. The summed E-state index contributed by atoms with van der Waals surface area (Å²) in [4.78, 5) is 29.5. The van der Waals surface area contributed by atoms with E-state index in [1.807, 2.05) is 28.7 Å². The van der Waals surface area contributed by atoms with Crippen molar-refractivity contribution in [3.05, 3.63) is 30.6 Å². The van der Waals surface area contributed by atoms with Crippen molar-refractivity contribution >= 4 is 11.7 Å². The van der Waals surface area contributed by atoms with Crippen molar-refractivity contribution in [2.45, 2.75) is 27.2 Å². The maximum Gasteiger partial charge on any atom is 0.222 e. The van der Waals surface area contributed by atoms with Gasteiger partial charge in [0.15, 0.2) is 0 Å². The number of imidazole rings is 1. The third kappa shape index (κ3) is 3.72. The standard InChI is InChI=1S/C17H24N6O/c1-13(2)10-17(24)22-8-6-21(7-9-22)15-11-16(20-14(3)19-15)23-5-4-18-12-23/h4-5,11-13H,6-10H2,1-3H3. The first kappa shape index (κ1) is 16.4. The second-order valence-corrected chi connectivity index (χ2v) is 6.57. The monoisotopic (exact) mass is 328 g/mol. The van der Waals surface area contributed by atoms with Gasteiger partial charge >= 0.3 is 0 Å². The lowest BCUT2D eigenvalue weighted by Crippen LogP contribution is -2.49. The average Bonchev–Trinajstić information content (AvgIpc) is 3.08. The Morgan fingerprint density at radius 1 is 1.17 bits per heavy atom. The molecule has 1 saturated heterocycles. The fourth-order valence-electron chi connectivity index (χ4n) is 2.89. The van der Waals surface area contributed by atoms with E-state index >= 15 is 0 Å². The molecule has 1 aliphatic rings. The third-order valence-corrected chi connectivity index (χ3v) is 4.12. The van der Waals surface area contributed by atoms with Gasteiger partial charge in [-0.3, -0.25) is 9.36 Å². The van der Waals surface area contributed by atoms with Gasteiger partial charge in [0.2, 0.25) is 5.91 Å². The SMILES string of the molecule is Cc1nc(N2CCN(C(=O)CC(C)C)CC2)cc(-n2ccnc2)n1. The second kappa shape index (κ2) is 6.98. The van der Waals surface area contributed by atoms with E-state index in [0.717, 1.165) is 43.6 Å². The van der Waals surface area contributed by atoms with Crippen molar-refractivity contribution in [3.8, 4) is 5.82 Å². The summed E-state index contributed by atoms with van der Waals surface area (Å²) < 4.78 is 1.88. The molecule has 0 N–H and O–H groups in total. The number of rotatable bonds is 4. The molecule has 1 fully saturated rings. The van der Waals surface area contributed by atoms with E-state index in [1.54, 1.807) is 12.5 Å². The molecule has 0 unspecified atom stereocenters. The number of hydrogen-bond acceptors (Lipinski definition) is 5. The normalized spacial score (nSPS) is 15.2. The second-order valence-electron chi connectivity index (χ2n) is 6.57. The number of amides is 1. The lowest BCUT2D eigenvalue weighted by molar-refractivity contribution is -0.132. The molecular formula is C17H24N6O. The molecule has 2 aromatic rings. The highest BCUT2D eigenvalue weighted by atomic mass is 16.2. The summed E-state index contributed by atoms with van der Waals surface area (Å²) >= 11 is 0. The van der Waals surface area contributed by atoms with Crippen LogP contribution in [0.15, 0.2) is 24.8 Å². The highest BCUT2D eigenvalue weighted by Crippen LogP contribution is 2.18. The van der Waals surface area contributed by atoms with Gasteiger partial charge in [0, 0.05) is 51.1 Å². The number of carbonyl (C=O) groups is 1. The number of hydrogen-bond donors (Lipinski definition) is 0. The zero-order valence-electron chi connectivity index (χ0n) is 14.5. The van der Waals surface area contributed by atoms with Gasteiger partial charge in [0.25, 0.3) is 0 Å². The lowest BCUT2D eigenvalue weighted by Gasteiger charge is -2.36. The Morgan fingerprint density at radius 2 is 1.88 bits per heavy atom. The molecule has 3 heterocycles. The van der Waals surface area contributed by atoms with Crippen LogP contribution in [0.2, 0.25) is 0 Å². The highest BCUT2D eigenvalue weighted by Gasteiger charge is 2.22. The van der Waals surface area contributed by atoms with Crippen LogP contribution >= 0.6 is 0 Å². The van der Waals surface area contributed by atoms with Gasteiger partial charge in [-0.15, -0.1) is 0 Å². The molecular weight excluding hydrogens is 304 g/mol. The van der Waals surface area contributed by atoms with Gasteiger partial charge in [0.05, 0.1) is 0 Å².